The monoisotopic (exact) mass is 222 g/mol. The lowest BCUT2D eigenvalue weighted by atomic mass is 9.98. The third kappa shape index (κ3) is 2.00. The lowest BCUT2D eigenvalue weighted by molar-refractivity contribution is -0.147. The van der Waals surface area contributed by atoms with Crippen LogP contribution in [0.2, 0.25) is 0 Å². The summed E-state index contributed by atoms with van der Waals surface area (Å²) in [5.74, 6) is 3.13. The molecule has 15 heavy (non-hydrogen) atoms. The number of hydrogen-bond acceptors (Lipinski definition) is 4. The molecule has 2 atom stereocenters. The molecule has 0 aromatic heterocycles. The Morgan fingerprint density at radius 1 is 1.60 bits per heavy atom. The molecule has 0 aliphatic carbocycles. The summed E-state index contributed by atoms with van der Waals surface area (Å²) in [5, 5.41) is 17.4. The van der Waals surface area contributed by atoms with Gasteiger partial charge in [-0.25, -0.2) is 19.9 Å². The average molecular weight is 222 g/mol. The highest BCUT2D eigenvalue weighted by Crippen LogP contribution is 2.32. The van der Waals surface area contributed by atoms with Crippen molar-refractivity contribution in [1.29, 1.82) is 0 Å². The summed E-state index contributed by atoms with van der Waals surface area (Å²) in [4.78, 5) is 26.0. The Balaban J connectivity index is 2.93. The van der Waals surface area contributed by atoms with Gasteiger partial charge >= 0.3 is 12.1 Å². The molecule has 1 aliphatic rings. The van der Waals surface area contributed by atoms with Crippen LogP contribution < -0.4 is 5.90 Å². The van der Waals surface area contributed by atoms with Crippen LogP contribution in [0.3, 0.4) is 0 Å². The summed E-state index contributed by atoms with van der Waals surface area (Å²) in [6, 6.07) is -1.77. The zero-order chi connectivity index (χ0) is 11.6. The van der Waals surface area contributed by atoms with Gasteiger partial charge in [0.15, 0.2) is 11.7 Å². The first-order chi connectivity index (χ1) is 6.92. The van der Waals surface area contributed by atoms with Crippen molar-refractivity contribution < 1.29 is 29.0 Å². The van der Waals surface area contributed by atoms with E-state index in [0.717, 1.165) is 0 Å². The molecule has 1 amide bonds. The molecule has 86 valence electrons. The third-order valence-corrected chi connectivity index (χ3v) is 2.37. The number of halogens is 1. The molecule has 0 radical (unpaired) electrons. The van der Waals surface area contributed by atoms with Gasteiger partial charge < -0.3 is 15.1 Å². The summed E-state index contributed by atoms with van der Waals surface area (Å²) in [6.45, 7) is -0.833. The fourth-order valence-electron chi connectivity index (χ4n) is 1.70. The number of carboxylic acid groups (broad SMARTS) is 2. The predicted octanol–water partition coefficient (Wildman–Crippen LogP) is -0.578. The van der Waals surface area contributed by atoms with E-state index in [-0.39, 0.29) is 13.0 Å². The van der Waals surface area contributed by atoms with Crippen LogP contribution in [0.15, 0.2) is 0 Å². The summed E-state index contributed by atoms with van der Waals surface area (Å²) >= 11 is 0. The molecule has 0 aromatic carbocycles. The van der Waals surface area contributed by atoms with E-state index < -0.39 is 30.4 Å². The normalized spacial score (nSPS) is 30.5. The Hall–Kier alpha value is -1.41. The molecule has 4 N–H and O–H groups in total. The van der Waals surface area contributed by atoms with Crippen LogP contribution in [0.25, 0.3) is 0 Å². The summed E-state index contributed by atoms with van der Waals surface area (Å²) in [6.07, 6.45) is -1.72. The average Bonchev–Trinajstić information content (AvgIpc) is 2.43. The van der Waals surface area contributed by atoms with Gasteiger partial charge in [0.05, 0.1) is 0 Å². The van der Waals surface area contributed by atoms with Crippen molar-refractivity contribution in [3.05, 3.63) is 0 Å². The first-order valence-electron chi connectivity index (χ1n) is 4.15. The molecule has 1 heterocycles. The van der Waals surface area contributed by atoms with Crippen molar-refractivity contribution >= 4 is 12.1 Å². The number of aliphatic carboxylic acids is 1. The van der Waals surface area contributed by atoms with Gasteiger partial charge in [-0.15, -0.1) is 0 Å². The first-order valence-corrected chi connectivity index (χ1v) is 4.15. The molecule has 0 saturated carbocycles. The van der Waals surface area contributed by atoms with Gasteiger partial charge in [0.1, 0.15) is 6.61 Å². The minimum atomic E-state index is -2.26. The Morgan fingerprint density at radius 3 is 2.60 bits per heavy atom. The van der Waals surface area contributed by atoms with Crippen molar-refractivity contribution in [3.8, 4) is 0 Å². The predicted molar refractivity (Wildman–Crippen MR) is 44.8 cm³/mol. The van der Waals surface area contributed by atoms with E-state index >= 15 is 0 Å². The third-order valence-electron chi connectivity index (χ3n) is 2.37. The van der Waals surface area contributed by atoms with E-state index in [1.54, 1.807) is 0 Å². The minimum absolute atomic E-state index is 0.188. The largest absolute Gasteiger partial charge is 0.480 e. The van der Waals surface area contributed by atoms with Gasteiger partial charge in [-0.3, -0.25) is 4.90 Å². The van der Waals surface area contributed by atoms with Crippen molar-refractivity contribution in [2.24, 2.45) is 5.90 Å². The van der Waals surface area contributed by atoms with E-state index in [4.69, 9.17) is 10.2 Å². The number of likely N-dealkylation sites (tertiary alicyclic amines) is 1. The topological polar surface area (TPSA) is 113 Å². The van der Waals surface area contributed by atoms with Crippen LogP contribution in [0, 0.1) is 0 Å². The van der Waals surface area contributed by atoms with Crippen LogP contribution in [-0.2, 0) is 9.63 Å². The van der Waals surface area contributed by atoms with Crippen molar-refractivity contribution in [2.45, 2.75) is 18.1 Å². The molecule has 2 unspecified atom stereocenters. The standard InChI is InChI=1S/C7H11FN2O5/c8-7(3-15-9)1-2-10(6(13)14)4(7)5(11)12/h4H,1-3,9H2,(H,11,12)(H,13,14). The molecule has 0 aromatic rings. The first kappa shape index (κ1) is 11.7. The highest BCUT2D eigenvalue weighted by Gasteiger charge is 2.54. The van der Waals surface area contributed by atoms with Crippen LogP contribution in [-0.4, -0.2) is 52.0 Å². The molecular formula is C7H11FN2O5. The lowest BCUT2D eigenvalue weighted by Crippen LogP contribution is -2.51. The van der Waals surface area contributed by atoms with Crippen LogP contribution in [0.5, 0.6) is 0 Å². The second-order valence-corrected chi connectivity index (χ2v) is 3.31. The number of nitrogens with zero attached hydrogens (tertiary/aromatic N) is 1. The molecule has 1 rings (SSSR count). The Labute approximate surface area is 84.2 Å². The van der Waals surface area contributed by atoms with Gasteiger partial charge in [-0.1, -0.05) is 0 Å². The number of carbonyl (C=O) groups is 2. The van der Waals surface area contributed by atoms with E-state index in [9.17, 15) is 14.0 Å². The number of rotatable bonds is 3. The van der Waals surface area contributed by atoms with Crippen LogP contribution in [0.1, 0.15) is 6.42 Å². The summed E-state index contributed by atoms with van der Waals surface area (Å²) in [7, 11) is 0. The smallest absolute Gasteiger partial charge is 0.408 e. The van der Waals surface area contributed by atoms with Gasteiger partial charge in [0.2, 0.25) is 0 Å². The fourth-order valence-corrected chi connectivity index (χ4v) is 1.70. The minimum Gasteiger partial charge on any atom is -0.480 e. The Bertz CT molecular complexity index is 287. The summed E-state index contributed by atoms with van der Waals surface area (Å²) in [5.41, 5.74) is -2.26. The zero-order valence-corrected chi connectivity index (χ0v) is 7.72. The number of nitrogens with two attached hydrogens (primary N) is 1. The van der Waals surface area contributed by atoms with Gasteiger partial charge in [0.25, 0.3) is 0 Å². The maximum Gasteiger partial charge on any atom is 0.408 e. The second-order valence-electron chi connectivity index (χ2n) is 3.31. The van der Waals surface area contributed by atoms with E-state index in [1.165, 1.54) is 0 Å². The molecule has 1 fully saturated rings. The second kappa shape index (κ2) is 3.99. The van der Waals surface area contributed by atoms with Gasteiger partial charge in [-0.2, -0.15) is 0 Å². The van der Waals surface area contributed by atoms with E-state index in [0.29, 0.717) is 4.90 Å². The molecule has 1 saturated heterocycles. The highest BCUT2D eigenvalue weighted by atomic mass is 19.1. The molecule has 1 aliphatic heterocycles. The van der Waals surface area contributed by atoms with Crippen LogP contribution in [0.4, 0.5) is 9.18 Å². The molecule has 0 spiro atoms. The fraction of sp³-hybridized carbons (Fsp3) is 0.714. The Morgan fingerprint density at radius 2 is 2.20 bits per heavy atom. The quantitative estimate of drug-likeness (QED) is 0.550. The van der Waals surface area contributed by atoms with Gasteiger partial charge in [-0.05, 0) is 0 Å². The SMILES string of the molecule is NOCC1(F)CCN(C(=O)O)C1C(=O)O. The Kier molecular flexibility index (Phi) is 3.10. The summed E-state index contributed by atoms with van der Waals surface area (Å²) < 4.78 is 13.9. The van der Waals surface area contributed by atoms with E-state index in [2.05, 4.69) is 10.7 Å². The van der Waals surface area contributed by atoms with Crippen molar-refractivity contribution in [2.75, 3.05) is 13.2 Å². The van der Waals surface area contributed by atoms with Crippen molar-refractivity contribution in [1.82, 2.24) is 4.90 Å². The maximum atomic E-state index is 13.9. The number of carboxylic acids is 1. The number of alkyl halides is 1. The lowest BCUT2D eigenvalue weighted by Gasteiger charge is -2.26. The van der Waals surface area contributed by atoms with Crippen LogP contribution >= 0.6 is 0 Å². The molecular weight excluding hydrogens is 211 g/mol. The highest BCUT2D eigenvalue weighted by molar-refractivity contribution is 5.81. The number of amides is 1. The molecule has 0 bridgehead atoms. The van der Waals surface area contributed by atoms with E-state index in [1.807, 2.05) is 0 Å². The molecule has 8 heteroatoms. The van der Waals surface area contributed by atoms with Gasteiger partial charge in [0, 0.05) is 13.0 Å². The maximum absolute atomic E-state index is 13.9. The zero-order valence-electron chi connectivity index (χ0n) is 7.72. The molecule has 7 nitrogen and oxygen atoms in total. The van der Waals surface area contributed by atoms with Crippen molar-refractivity contribution in [3.63, 3.8) is 0 Å². The number of hydrogen-bond donors (Lipinski definition) is 3.